The van der Waals surface area contributed by atoms with Gasteiger partial charge in [0.2, 0.25) is 0 Å². The predicted molar refractivity (Wildman–Crippen MR) is 97.3 cm³/mol. The van der Waals surface area contributed by atoms with Crippen molar-refractivity contribution in [2.75, 3.05) is 7.11 Å². The SMILES string of the molecule is COC(=O)[C@@]1(C)CCC[C@@]2(C)[C@H]1[C@H](O)C[C@@H](C)[C@]2(O)CCc1ccoc1. The molecule has 2 aliphatic rings. The summed E-state index contributed by atoms with van der Waals surface area (Å²) < 4.78 is 10.3. The van der Waals surface area contributed by atoms with Crippen LogP contribution in [0.2, 0.25) is 0 Å². The normalized spacial score (nSPS) is 42.9. The van der Waals surface area contributed by atoms with Gasteiger partial charge < -0.3 is 19.4 Å². The number of esters is 1. The smallest absolute Gasteiger partial charge is 0.311 e. The van der Waals surface area contributed by atoms with Crippen LogP contribution in [0, 0.1) is 22.7 Å². The van der Waals surface area contributed by atoms with Gasteiger partial charge in [0, 0.05) is 11.3 Å². The standard InChI is InChI=1S/C21H32O5/c1-14-12-16(22)17-19(2,18(23)25-4)8-5-9-20(17,3)21(14,24)10-6-15-7-11-26-13-15/h7,11,13-14,16-17,22,24H,5-6,8-10,12H2,1-4H3/t14-,16-,17+,19+,20+,21-/m1/s1. The molecular weight excluding hydrogens is 332 g/mol. The molecule has 2 N–H and O–H groups in total. The quantitative estimate of drug-likeness (QED) is 0.801. The second-order valence-electron chi connectivity index (χ2n) is 8.92. The summed E-state index contributed by atoms with van der Waals surface area (Å²) in [5.74, 6) is -0.647. The number of rotatable bonds is 4. The third-order valence-electron chi connectivity index (χ3n) is 7.58. The Bertz CT molecular complexity index is 641. The molecule has 0 spiro atoms. The molecule has 0 unspecified atom stereocenters. The molecule has 0 amide bonds. The summed E-state index contributed by atoms with van der Waals surface area (Å²) >= 11 is 0. The Morgan fingerprint density at radius 3 is 2.73 bits per heavy atom. The monoisotopic (exact) mass is 364 g/mol. The zero-order chi connectivity index (χ0) is 19.2. The average molecular weight is 364 g/mol. The van der Waals surface area contributed by atoms with Crippen molar-refractivity contribution in [3.05, 3.63) is 24.2 Å². The van der Waals surface area contributed by atoms with E-state index in [2.05, 4.69) is 6.92 Å². The number of hydrogen-bond acceptors (Lipinski definition) is 5. The number of ether oxygens (including phenoxy) is 1. The van der Waals surface area contributed by atoms with Crippen LogP contribution in [0.25, 0.3) is 0 Å². The van der Waals surface area contributed by atoms with Crippen molar-refractivity contribution >= 4 is 5.97 Å². The lowest BCUT2D eigenvalue weighted by Crippen LogP contribution is -2.68. The van der Waals surface area contributed by atoms with Crippen molar-refractivity contribution < 1.29 is 24.2 Å². The summed E-state index contributed by atoms with van der Waals surface area (Å²) in [6.45, 7) is 5.98. The van der Waals surface area contributed by atoms with Crippen molar-refractivity contribution in [2.45, 2.75) is 71.0 Å². The van der Waals surface area contributed by atoms with E-state index in [0.29, 0.717) is 25.7 Å². The highest BCUT2D eigenvalue weighted by molar-refractivity contribution is 5.77. The first-order valence-corrected chi connectivity index (χ1v) is 9.69. The van der Waals surface area contributed by atoms with Crippen LogP contribution >= 0.6 is 0 Å². The Kier molecular flexibility index (Phi) is 4.99. The second kappa shape index (κ2) is 6.68. The Hall–Kier alpha value is -1.33. The summed E-state index contributed by atoms with van der Waals surface area (Å²) in [4.78, 5) is 12.6. The Labute approximate surface area is 155 Å². The molecule has 5 heteroatoms. The molecule has 146 valence electrons. The Balaban J connectivity index is 1.98. The average Bonchev–Trinajstić information content (AvgIpc) is 3.11. The van der Waals surface area contributed by atoms with E-state index < -0.39 is 22.5 Å². The van der Waals surface area contributed by atoms with E-state index in [0.717, 1.165) is 18.4 Å². The van der Waals surface area contributed by atoms with Crippen molar-refractivity contribution in [2.24, 2.45) is 22.7 Å². The molecule has 0 aliphatic heterocycles. The number of aryl methyl sites for hydroxylation is 1. The topological polar surface area (TPSA) is 79.9 Å². The lowest BCUT2D eigenvalue weighted by Gasteiger charge is -2.64. The number of fused-ring (bicyclic) bond motifs is 1. The molecule has 3 rings (SSSR count). The molecular formula is C21H32O5. The number of methoxy groups -OCH3 is 1. The summed E-state index contributed by atoms with van der Waals surface area (Å²) in [5, 5.41) is 22.9. The number of aliphatic hydroxyl groups is 2. The van der Waals surface area contributed by atoms with Gasteiger partial charge in [0.15, 0.2) is 0 Å². The molecule has 0 bridgehead atoms. The third-order valence-corrected chi connectivity index (χ3v) is 7.58. The van der Waals surface area contributed by atoms with Gasteiger partial charge in [-0.15, -0.1) is 0 Å². The summed E-state index contributed by atoms with van der Waals surface area (Å²) in [6, 6.07) is 1.92. The van der Waals surface area contributed by atoms with Crippen molar-refractivity contribution in [3.8, 4) is 0 Å². The van der Waals surface area contributed by atoms with Crippen LogP contribution in [0.3, 0.4) is 0 Å². The second-order valence-corrected chi connectivity index (χ2v) is 8.92. The van der Waals surface area contributed by atoms with Gasteiger partial charge >= 0.3 is 5.97 Å². The highest BCUT2D eigenvalue weighted by Crippen LogP contribution is 2.64. The maximum absolute atomic E-state index is 12.6. The summed E-state index contributed by atoms with van der Waals surface area (Å²) in [6.07, 6.45) is 6.86. The van der Waals surface area contributed by atoms with Crippen molar-refractivity contribution in [1.29, 1.82) is 0 Å². The van der Waals surface area contributed by atoms with Crippen molar-refractivity contribution in [3.63, 3.8) is 0 Å². The molecule has 1 aromatic heterocycles. The van der Waals surface area contributed by atoms with Gasteiger partial charge in [0.25, 0.3) is 0 Å². The lowest BCUT2D eigenvalue weighted by atomic mass is 9.43. The minimum absolute atomic E-state index is 0.0503. The van der Waals surface area contributed by atoms with Crippen molar-refractivity contribution in [1.82, 2.24) is 0 Å². The number of aliphatic hydroxyl groups excluding tert-OH is 1. The molecule has 26 heavy (non-hydrogen) atoms. The van der Waals surface area contributed by atoms with Crippen LogP contribution in [0.4, 0.5) is 0 Å². The number of furan rings is 1. The minimum atomic E-state index is -0.954. The lowest BCUT2D eigenvalue weighted by molar-refractivity contribution is -0.249. The molecule has 1 aromatic rings. The van der Waals surface area contributed by atoms with Gasteiger partial charge in [-0.1, -0.05) is 20.3 Å². The fraction of sp³-hybridized carbons (Fsp3) is 0.762. The molecule has 2 aliphatic carbocycles. The van der Waals surface area contributed by atoms with E-state index in [4.69, 9.17) is 9.15 Å². The van der Waals surface area contributed by atoms with Crippen LogP contribution in [0.1, 0.15) is 58.4 Å². The van der Waals surface area contributed by atoms with Gasteiger partial charge in [-0.3, -0.25) is 4.79 Å². The molecule has 5 nitrogen and oxygen atoms in total. The number of hydrogen-bond donors (Lipinski definition) is 2. The van der Waals surface area contributed by atoms with E-state index in [1.807, 2.05) is 19.9 Å². The maximum Gasteiger partial charge on any atom is 0.311 e. The van der Waals surface area contributed by atoms with Gasteiger partial charge in [-0.25, -0.2) is 0 Å². The summed E-state index contributed by atoms with van der Waals surface area (Å²) in [7, 11) is 1.41. The van der Waals surface area contributed by atoms with Crippen LogP contribution < -0.4 is 0 Å². The molecule has 2 fully saturated rings. The van der Waals surface area contributed by atoms with Gasteiger partial charge in [-0.05, 0) is 56.6 Å². The molecule has 0 radical (unpaired) electrons. The molecule has 0 aromatic carbocycles. The fourth-order valence-corrected chi connectivity index (χ4v) is 6.19. The van der Waals surface area contributed by atoms with Crippen LogP contribution in [-0.4, -0.2) is 35.0 Å². The third kappa shape index (κ3) is 2.71. The Morgan fingerprint density at radius 1 is 1.38 bits per heavy atom. The highest BCUT2D eigenvalue weighted by atomic mass is 16.5. The van der Waals surface area contributed by atoms with Crippen LogP contribution in [-0.2, 0) is 16.0 Å². The van der Waals surface area contributed by atoms with Gasteiger partial charge in [0.1, 0.15) is 0 Å². The van der Waals surface area contributed by atoms with Crippen LogP contribution in [0.5, 0.6) is 0 Å². The minimum Gasteiger partial charge on any atom is -0.472 e. The highest BCUT2D eigenvalue weighted by Gasteiger charge is 2.66. The first-order valence-electron chi connectivity index (χ1n) is 9.69. The zero-order valence-electron chi connectivity index (χ0n) is 16.3. The van der Waals surface area contributed by atoms with E-state index >= 15 is 0 Å². The number of carbonyl (C=O) groups excluding carboxylic acids is 1. The van der Waals surface area contributed by atoms with Gasteiger partial charge in [0.05, 0.1) is 36.8 Å². The first-order chi connectivity index (χ1) is 12.2. The summed E-state index contributed by atoms with van der Waals surface area (Å²) in [5.41, 5.74) is -1.22. The molecule has 1 heterocycles. The van der Waals surface area contributed by atoms with E-state index in [9.17, 15) is 15.0 Å². The maximum atomic E-state index is 12.6. The first kappa shape index (κ1) is 19.4. The van der Waals surface area contributed by atoms with E-state index in [1.165, 1.54) is 7.11 Å². The predicted octanol–water partition coefficient (Wildman–Crippen LogP) is 3.33. The largest absolute Gasteiger partial charge is 0.472 e. The molecule has 0 saturated heterocycles. The van der Waals surface area contributed by atoms with Crippen LogP contribution in [0.15, 0.2) is 23.0 Å². The van der Waals surface area contributed by atoms with E-state index in [-0.39, 0.29) is 17.8 Å². The fourth-order valence-electron chi connectivity index (χ4n) is 6.19. The number of carbonyl (C=O) groups is 1. The van der Waals surface area contributed by atoms with E-state index in [1.54, 1.807) is 12.5 Å². The van der Waals surface area contributed by atoms with Gasteiger partial charge in [-0.2, -0.15) is 0 Å². The molecule has 6 atom stereocenters. The molecule has 2 saturated carbocycles. The Morgan fingerprint density at radius 2 is 2.12 bits per heavy atom. The zero-order valence-corrected chi connectivity index (χ0v) is 16.3.